The number of amides is 2. The van der Waals surface area contributed by atoms with E-state index in [-0.39, 0.29) is 17.7 Å². The Kier molecular flexibility index (Phi) is 5.42. The van der Waals surface area contributed by atoms with Crippen molar-refractivity contribution in [3.8, 4) is 0 Å². The van der Waals surface area contributed by atoms with Crippen molar-refractivity contribution in [3.63, 3.8) is 0 Å². The lowest BCUT2D eigenvalue weighted by Crippen LogP contribution is -2.42. The van der Waals surface area contributed by atoms with E-state index in [4.69, 9.17) is 11.6 Å². The smallest absolute Gasteiger partial charge is 0.277 e. The summed E-state index contributed by atoms with van der Waals surface area (Å²) in [5.74, 6) is 0.884. The Hall–Kier alpha value is -1.81. The number of imide groups is 1. The summed E-state index contributed by atoms with van der Waals surface area (Å²) in [7, 11) is 0. The second-order valence-corrected chi connectivity index (χ2v) is 8.63. The molecule has 2 heterocycles. The van der Waals surface area contributed by atoms with E-state index in [2.05, 4.69) is 18.7 Å². The highest BCUT2D eigenvalue weighted by molar-refractivity contribution is 6.36. The number of carbonyl (C=O) groups is 2. The van der Waals surface area contributed by atoms with Gasteiger partial charge in [-0.15, -0.1) is 0 Å². The Bertz CT molecular complexity index is 729. The van der Waals surface area contributed by atoms with Crippen molar-refractivity contribution >= 4 is 29.0 Å². The summed E-state index contributed by atoms with van der Waals surface area (Å²) in [5.41, 5.74) is 1.85. The van der Waals surface area contributed by atoms with Crippen LogP contribution in [0, 0.1) is 17.8 Å². The average molecular weight is 375 g/mol. The molecule has 3 rings (SSSR count). The van der Waals surface area contributed by atoms with Crippen LogP contribution in [0.25, 0.3) is 5.57 Å². The van der Waals surface area contributed by atoms with Gasteiger partial charge in [-0.05, 0) is 41.9 Å². The Labute approximate surface area is 160 Å². The van der Waals surface area contributed by atoms with Crippen LogP contribution in [0.3, 0.4) is 0 Å². The molecule has 1 aromatic rings. The first-order valence-corrected chi connectivity index (χ1v) is 9.77. The summed E-state index contributed by atoms with van der Waals surface area (Å²) in [6.07, 6.45) is 1.15. The lowest BCUT2D eigenvalue weighted by Gasteiger charge is -2.37. The summed E-state index contributed by atoms with van der Waals surface area (Å²) in [4.78, 5) is 29.9. The third kappa shape index (κ3) is 3.66. The first-order valence-electron chi connectivity index (χ1n) is 9.39. The van der Waals surface area contributed by atoms with Crippen molar-refractivity contribution in [1.29, 1.82) is 0 Å². The maximum Gasteiger partial charge on any atom is 0.277 e. The molecule has 0 aromatic heterocycles. The Balaban J connectivity index is 2.07. The molecule has 0 aliphatic carbocycles. The van der Waals surface area contributed by atoms with Gasteiger partial charge in [0.05, 0.1) is 5.57 Å². The number of likely N-dealkylation sites (tertiary alicyclic amines) is 1. The number of carbonyl (C=O) groups excluding carboxylic acids is 2. The molecular formula is C21H27ClN2O2. The van der Waals surface area contributed by atoms with E-state index in [1.54, 1.807) is 12.1 Å². The molecule has 1 saturated heterocycles. The van der Waals surface area contributed by atoms with Crippen LogP contribution in [0.15, 0.2) is 30.0 Å². The zero-order valence-corrected chi connectivity index (χ0v) is 16.7. The zero-order valence-electron chi connectivity index (χ0n) is 16.0. The summed E-state index contributed by atoms with van der Waals surface area (Å²) >= 11 is 6.02. The van der Waals surface area contributed by atoms with Crippen LogP contribution >= 0.6 is 11.6 Å². The molecule has 2 atom stereocenters. The van der Waals surface area contributed by atoms with Crippen LogP contribution in [0.5, 0.6) is 0 Å². The predicted molar refractivity (Wildman–Crippen MR) is 104 cm³/mol. The first-order chi connectivity index (χ1) is 12.3. The number of piperidine rings is 1. The maximum atomic E-state index is 13.2. The van der Waals surface area contributed by atoms with Crippen LogP contribution < -0.4 is 0 Å². The minimum Gasteiger partial charge on any atom is -0.366 e. The molecule has 0 saturated carbocycles. The molecule has 2 unspecified atom stereocenters. The van der Waals surface area contributed by atoms with Gasteiger partial charge in [0.1, 0.15) is 5.70 Å². The van der Waals surface area contributed by atoms with Crippen LogP contribution in [0.2, 0.25) is 5.02 Å². The van der Waals surface area contributed by atoms with Gasteiger partial charge < -0.3 is 4.90 Å². The molecule has 1 aromatic carbocycles. The van der Waals surface area contributed by atoms with Crippen molar-refractivity contribution in [2.24, 2.45) is 17.8 Å². The van der Waals surface area contributed by atoms with Crippen LogP contribution in [0.1, 0.15) is 39.7 Å². The van der Waals surface area contributed by atoms with Gasteiger partial charge in [0.2, 0.25) is 0 Å². The SMILES string of the molecule is CC(C)CN1C(=O)C(c2ccc(Cl)cc2)=C(N2CC(C)CC(C)C2)C1=O. The molecule has 2 aliphatic rings. The van der Waals surface area contributed by atoms with Gasteiger partial charge in [-0.3, -0.25) is 14.5 Å². The van der Waals surface area contributed by atoms with Crippen molar-refractivity contribution in [2.75, 3.05) is 19.6 Å². The van der Waals surface area contributed by atoms with E-state index in [9.17, 15) is 9.59 Å². The van der Waals surface area contributed by atoms with Gasteiger partial charge in [0.15, 0.2) is 0 Å². The van der Waals surface area contributed by atoms with Gasteiger partial charge in [0, 0.05) is 24.7 Å². The number of benzene rings is 1. The van der Waals surface area contributed by atoms with Gasteiger partial charge in [-0.25, -0.2) is 0 Å². The Morgan fingerprint density at radius 1 is 1.04 bits per heavy atom. The monoisotopic (exact) mass is 374 g/mol. The van der Waals surface area contributed by atoms with E-state index in [0.29, 0.717) is 34.7 Å². The first kappa shape index (κ1) is 19.0. The largest absolute Gasteiger partial charge is 0.366 e. The maximum absolute atomic E-state index is 13.2. The highest BCUT2D eigenvalue weighted by Gasteiger charge is 2.42. The molecule has 2 amide bonds. The topological polar surface area (TPSA) is 40.6 Å². The standard InChI is InChI=1S/C21H27ClN2O2/c1-13(2)10-24-20(25)18(16-5-7-17(22)8-6-16)19(21(24)26)23-11-14(3)9-15(4)12-23/h5-8,13-15H,9-12H2,1-4H3. The summed E-state index contributed by atoms with van der Waals surface area (Å²) in [5, 5.41) is 0.618. The van der Waals surface area contributed by atoms with Crippen molar-refractivity contribution in [1.82, 2.24) is 9.80 Å². The Morgan fingerprint density at radius 2 is 1.62 bits per heavy atom. The van der Waals surface area contributed by atoms with E-state index in [0.717, 1.165) is 25.1 Å². The fourth-order valence-electron chi connectivity index (χ4n) is 4.11. The fraction of sp³-hybridized carbons (Fsp3) is 0.524. The quantitative estimate of drug-likeness (QED) is 0.746. The van der Waals surface area contributed by atoms with Crippen molar-refractivity contribution in [2.45, 2.75) is 34.1 Å². The summed E-state index contributed by atoms with van der Waals surface area (Å²) < 4.78 is 0. The zero-order chi connectivity index (χ0) is 19.0. The van der Waals surface area contributed by atoms with E-state index in [1.807, 2.05) is 26.0 Å². The molecular weight excluding hydrogens is 348 g/mol. The number of hydrogen-bond acceptors (Lipinski definition) is 3. The van der Waals surface area contributed by atoms with E-state index >= 15 is 0 Å². The molecule has 140 valence electrons. The van der Waals surface area contributed by atoms with Gasteiger partial charge >= 0.3 is 0 Å². The van der Waals surface area contributed by atoms with Gasteiger partial charge in [-0.2, -0.15) is 0 Å². The number of halogens is 1. The second kappa shape index (κ2) is 7.43. The minimum atomic E-state index is -0.188. The number of rotatable bonds is 4. The molecule has 5 heteroatoms. The van der Waals surface area contributed by atoms with Crippen LogP contribution in [-0.4, -0.2) is 41.2 Å². The molecule has 26 heavy (non-hydrogen) atoms. The summed E-state index contributed by atoms with van der Waals surface area (Å²) in [6.45, 7) is 10.5. The third-order valence-electron chi connectivity index (χ3n) is 5.01. The van der Waals surface area contributed by atoms with Crippen molar-refractivity contribution in [3.05, 3.63) is 40.5 Å². The van der Waals surface area contributed by atoms with E-state index < -0.39 is 0 Å². The number of hydrogen-bond donors (Lipinski definition) is 0. The van der Waals surface area contributed by atoms with Crippen LogP contribution in [-0.2, 0) is 9.59 Å². The van der Waals surface area contributed by atoms with Gasteiger partial charge in [0.25, 0.3) is 11.8 Å². The molecule has 4 nitrogen and oxygen atoms in total. The van der Waals surface area contributed by atoms with Gasteiger partial charge in [-0.1, -0.05) is 51.4 Å². The predicted octanol–water partition coefficient (Wildman–Crippen LogP) is 4.05. The normalized spacial score (nSPS) is 24.2. The third-order valence-corrected chi connectivity index (χ3v) is 5.26. The lowest BCUT2D eigenvalue weighted by molar-refractivity contribution is -0.138. The van der Waals surface area contributed by atoms with Crippen molar-refractivity contribution < 1.29 is 9.59 Å². The minimum absolute atomic E-state index is 0.157. The lowest BCUT2D eigenvalue weighted by atomic mass is 9.91. The molecule has 0 N–H and O–H groups in total. The molecule has 0 bridgehead atoms. The highest BCUT2D eigenvalue weighted by atomic mass is 35.5. The fourth-order valence-corrected chi connectivity index (χ4v) is 4.24. The molecule has 2 aliphatic heterocycles. The average Bonchev–Trinajstić information content (AvgIpc) is 2.79. The number of nitrogens with zero attached hydrogens (tertiary/aromatic N) is 2. The molecule has 0 spiro atoms. The molecule has 0 radical (unpaired) electrons. The van der Waals surface area contributed by atoms with Crippen LogP contribution in [0.4, 0.5) is 0 Å². The highest BCUT2D eigenvalue weighted by Crippen LogP contribution is 2.35. The Morgan fingerprint density at radius 3 is 2.15 bits per heavy atom. The second-order valence-electron chi connectivity index (χ2n) is 8.20. The summed E-state index contributed by atoms with van der Waals surface area (Å²) in [6, 6.07) is 7.20. The van der Waals surface area contributed by atoms with E-state index in [1.165, 1.54) is 4.90 Å². The molecule has 1 fully saturated rings.